The first-order valence-electron chi connectivity index (χ1n) is 6.74. The fraction of sp³-hybridized carbons (Fsp3) is 0.438. The van der Waals surface area contributed by atoms with Crippen molar-refractivity contribution in [1.82, 2.24) is 4.98 Å². The molecule has 19 heavy (non-hydrogen) atoms. The van der Waals surface area contributed by atoms with Gasteiger partial charge in [-0.05, 0) is 11.8 Å². The molecule has 2 aromatic rings. The summed E-state index contributed by atoms with van der Waals surface area (Å²) in [5, 5.41) is 1.04. The minimum atomic E-state index is -0.0136. The highest BCUT2D eigenvalue weighted by molar-refractivity contribution is 7.12. The molecule has 0 aliphatic carbocycles. The normalized spacial score (nSPS) is 13.5. The number of aromatic nitrogens is 1. The van der Waals surface area contributed by atoms with Gasteiger partial charge in [0.2, 0.25) is 0 Å². The van der Waals surface area contributed by atoms with Gasteiger partial charge in [0.1, 0.15) is 5.01 Å². The maximum atomic E-state index is 6.33. The van der Waals surface area contributed by atoms with Crippen LogP contribution >= 0.6 is 11.3 Å². The van der Waals surface area contributed by atoms with Crippen molar-refractivity contribution in [2.24, 2.45) is 11.1 Å². The summed E-state index contributed by atoms with van der Waals surface area (Å²) in [4.78, 5) is 6.13. The molecular formula is C16H22N2S. The Labute approximate surface area is 119 Å². The molecule has 2 N–H and O–H groups in total. The second-order valence-electron chi connectivity index (χ2n) is 5.89. The lowest BCUT2D eigenvalue weighted by Gasteiger charge is -2.24. The Bertz CT molecular complexity index is 538. The number of rotatable bonds is 3. The summed E-state index contributed by atoms with van der Waals surface area (Å²) < 4.78 is 0. The van der Waals surface area contributed by atoms with Crippen LogP contribution in [0, 0.1) is 5.41 Å². The smallest absolute Gasteiger partial charge is 0.111 e. The fourth-order valence-electron chi connectivity index (χ4n) is 1.93. The average Bonchev–Trinajstić information content (AvgIpc) is 2.81. The monoisotopic (exact) mass is 274 g/mol. The molecule has 0 amide bonds. The summed E-state index contributed by atoms with van der Waals surface area (Å²) in [6.07, 6.45) is 0.999. The average molecular weight is 274 g/mol. The molecule has 0 spiro atoms. The van der Waals surface area contributed by atoms with Gasteiger partial charge < -0.3 is 5.73 Å². The molecule has 2 rings (SSSR count). The van der Waals surface area contributed by atoms with Gasteiger partial charge in [0, 0.05) is 10.4 Å². The number of benzene rings is 1. The number of nitrogens with zero attached hydrogens (tertiary/aromatic N) is 1. The highest BCUT2D eigenvalue weighted by Gasteiger charge is 2.26. The minimum absolute atomic E-state index is 0.0136. The first-order chi connectivity index (χ1) is 8.93. The van der Waals surface area contributed by atoms with Crippen LogP contribution in [0.3, 0.4) is 0 Å². The highest BCUT2D eigenvalue weighted by Crippen LogP contribution is 2.37. The van der Waals surface area contributed by atoms with Crippen molar-refractivity contribution >= 4 is 11.3 Å². The number of nitrogens with two attached hydrogens (primary N) is 1. The van der Waals surface area contributed by atoms with Crippen LogP contribution in [0.5, 0.6) is 0 Å². The standard InChI is InChI=1S/C16H22N2S/c1-5-12-13(11-9-7-6-8-10-11)18-15(19-12)14(17)16(2,3)4/h6-10,14H,5,17H2,1-4H3. The van der Waals surface area contributed by atoms with Crippen molar-refractivity contribution in [3.8, 4) is 11.3 Å². The maximum Gasteiger partial charge on any atom is 0.111 e. The van der Waals surface area contributed by atoms with Gasteiger partial charge in [-0.2, -0.15) is 0 Å². The number of aryl methyl sites for hydroxylation is 1. The third kappa shape index (κ3) is 3.04. The molecule has 1 aromatic carbocycles. The lowest BCUT2D eigenvalue weighted by molar-refractivity contribution is 0.326. The number of thiazole rings is 1. The molecule has 0 aliphatic rings. The molecule has 1 heterocycles. The summed E-state index contributed by atoms with van der Waals surface area (Å²) in [5.41, 5.74) is 8.66. The van der Waals surface area contributed by atoms with Crippen molar-refractivity contribution in [3.05, 3.63) is 40.2 Å². The van der Waals surface area contributed by atoms with E-state index in [1.807, 2.05) is 6.07 Å². The largest absolute Gasteiger partial charge is 0.322 e. The first-order valence-corrected chi connectivity index (χ1v) is 7.55. The molecule has 102 valence electrons. The van der Waals surface area contributed by atoms with Gasteiger partial charge in [0.25, 0.3) is 0 Å². The minimum Gasteiger partial charge on any atom is -0.322 e. The van der Waals surface area contributed by atoms with Gasteiger partial charge in [0.15, 0.2) is 0 Å². The van der Waals surface area contributed by atoms with E-state index in [2.05, 4.69) is 52.0 Å². The van der Waals surface area contributed by atoms with E-state index >= 15 is 0 Å². The van der Waals surface area contributed by atoms with Crippen LogP contribution in [0.15, 0.2) is 30.3 Å². The Kier molecular flexibility index (Phi) is 4.07. The summed E-state index contributed by atoms with van der Waals surface area (Å²) in [7, 11) is 0. The second-order valence-corrected chi connectivity index (χ2v) is 7.00. The Morgan fingerprint density at radius 1 is 1.21 bits per heavy atom. The van der Waals surface area contributed by atoms with E-state index in [9.17, 15) is 0 Å². The summed E-state index contributed by atoms with van der Waals surface area (Å²) in [6.45, 7) is 8.65. The molecule has 1 atom stereocenters. The van der Waals surface area contributed by atoms with Crippen LogP contribution in [0.2, 0.25) is 0 Å². The SMILES string of the molecule is CCc1sc(C(N)C(C)(C)C)nc1-c1ccccc1. The van der Waals surface area contributed by atoms with Gasteiger partial charge in [-0.3, -0.25) is 0 Å². The zero-order valence-corrected chi connectivity index (χ0v) is 12.9. The van der Waals surface area contributed by atoms with Crippen LogP contribution in [0.25, 0.3) is 11.3 Å². The predicted molar refractivity (Wildman–Crippen MR) is 83.3 cm³/mol. The number of hydrogen-bond acceptors (Lipinski definition) is 3. The van der Waals surface area contributed by atoms with E-state index in [1.54, 1.807) is 11.3 Å². The molecule has 0 aliphatic heterocycles. The topological polar surface area (TPSA) is 38.9 Å². The van der Waals surface area contributed by atoms with Crippen LogP contribution in [0.4, 0.5) is 0 Å². The van der Waals surface area contributed by atoms with E-state index in [0.29, 0.717) is 0 Å². The second kappa shape index (κ2) is 5.43. The molecule has 0 saturated carbocycles. The molecule has 0 bridgehead atoms. The van der Waals surface area contributed by atoms with E-state index < -0.39 is 0 Å². The van der Waals surface area contributed by atoms with Crippen LogP contribution in [0.1, 0.15) is 43.6 Å². The Morgan fingerprint density at radius 3 is 2.37 bits per heavy atom. The quantitative estimate of drug-likeness (QED) is 0.900. The summed E-state index contributed by atoms with van der Waals surface area (Å²) >= 11 is 1.75. The van der Waals surface area contributed by atoms with Gasteiger partial charge in [-0.1, -0.05) is 58.0 Å². The van der Waals surface area contributed by atoms with E-state index in [-0.39, 0.29) is 11.5 Å². The molecule has 0 saturated heterocycles. The van der Waals surface area contributed by atoms with Gasteiger partial charge in [0.05, 0.1) is 11.7 Å². The van der Waals surface area contributed by atoms with Crippen molar-refractivity contribution in [2.45, 2.75) is 40.2 Å². The van der Waals surface area contributed by atoms with Gasteiger partial charge in [-0.15, -0.1) is 11.3 Å². The Hall–Kier alpha value is -1.19. The van der Waals surface area contributed by atoms with Crippen molar-refractivity contribution in [2.75, 3.05) is 0 Å². The van der Waals surface area contributed by atoms with Gasteiger partial charge in [-0.25, -0.2) is 4.98 Å². The first kappa shape index (κ1) is 14.2. The lowest BCUT2D eigenvalue weighted by Crippen LogP contribution is -2.26. The third-order valence-electron chi connectivity index (χ3n) is 3.28. The fourth-order valence-corrected chi connectivity index (χ4v) is 3.21. The number of hydrogen-bond donors (Lipinski definition) is 1. The molecule has 0 radical (unpaired) electrons. The zero-order chi connectivity index (χ0) is 14.0. The predicted octanol–water partition coefficient (Wildman–Crippen LogP) is 4.42. The Balaban J connectivity index is 2.44. The summed E-state index contributed by atoms with van der Waals surface area (Å²) in [5.74, 6) is 0. The zero-order valence-electron chi connectivity index (χ0n) is 12.1. The van der Waals surface area contributed by atoms with Crippen LogP contribution in [-0.4, -0.2) is 4.98 Å². The van der Waals surface area contributed by atoms with Crippen LogP contribution in [-0.2, 0) is 6.42 Å². The molecule has 3 heteroatoms. The molecule has 1 unspecified atom stereocenters. The third-order valence-corrected chi connectivity index (χ3v) is 4.56. The van der Waals surface area contributed by atoms with Crippen molar-refractivity contribution < 1.29 is 0 Å². The highest BCUT2D eigenvalue weighted by atomic mass is 32.1. The molecule has 0 fully saturated rings. The Morgan fingerprint density at radius 2 is 1.84 bits per heavy atom. The van der Waals surface area contributed by atoms with E-state index in [4.69, 9.17) is 10.7 Å². The summed E-state index contributed by atoms with van der Waals surface area (Å²) in [6, 6.07) is 10.3. The van der Waals surface area contributed by atoms with E-state index in [1.165, 1.54) is 10.4 Å². The van der Waals surface area contributed by atoms with E-state index in [0.717, 1.165) is 17.1 Å². The van der Waals surface area contributed by atoms with Crippen molar-refractivity contribution in [3.63, 3.8) is 0 Å². The maximum absolute atomic E-state index is 6.33. The molecular weight excluding hydrogens is 252 g/mol. The molecule has 1 aromatic heterocycles. The van der Waals surface area contributed by atoms with Crippen LogP contribution < -0.4 is 5.73 Å². The lowest BCUT2D eigenvalue weighted by atomic mass is 9.88. The van der Waals surface area contributed by atoms with Crippen molar-refractivity contribution in [1.29, 1.82) is 0 Å². The molecule has 2 nitrogen and oxygen atoms in total. The van der Waals surface area contributed by atoms with Gasteiger partial charge >= 0.3 is 0 Å².